The van der Waals surface area contributed by atoms with Crippen molar-refractivity contribution in [3.8, 4) is 0 Å². The van der Waals surface area contributed by atoms with Gasteiger partial charge in [-0.25, -0.2) is 4.99 Å². The van der Waals surface area contributed by atoms with E-state index < -0.39 is 12.5 Å². The third-order valence-electron chi connectivity index (χ3n) is 3.66. The lowest BCUT2D eigenvalue weighted by atomic mass is 10.2. The van der Waals surface area contributed by atoms with E-state index >= 15 is 0 Å². The summed E-state index contributed by atoms with van der Waals surface area (Å²) in [7, 11) is -3.64. The topological polar surface area (TPSA) is 91.0 Å². The first-order valence-electron chi connectivity index (χ1n) is 9.10. The lowest BCUT2D eigenvalue weighted by Crippen LogP contribution is -1.98. The number of hydrogen-bond donors (Lipinski definition) is 0. The molecule has 0 N–H and O–H groups in total. The van der Waals surface area contributed by atoms with Crippen molar-refractivity contribution in [3.05, 3.63) is 87.4 Å². The highest BCUT2D eigenvalue weighted by molar-refractivity contribution is 7.58. The van der Waals surface area contributed by atoms with Crippen LogP contribution >= 0.6 is 7.60 Å². The number of benzene rings is 2. The summed E-state index contributed by atoms with van der Waals surface area (Å²) in [6.45, 7) is 3.80. The summed E-state index contributed by atoms with van der Waals surface area (Å²) < 4.78 is 24.0. The summed E-state index contributed by atoms with van der Waals surface area (Å²) in [5.74, 6) is 0. The van der Waals surface area contributed by atoms with Crippen molar-refractivity contribution in [2.45, 2.75) is 13.8 Å². The fourth-order valence-corrected chi connectivity index (χ4v) is 3.91. The molecule has 2 aromatic carbocycles. The van der Waals surface area contributed by atoms with E-state index in [1.54, 1.807) is 38.1 Å². The van der Waals surface area contributed by atoms with Crippen molar-refractivity contribution >= 4 is 31.6 Å². The van der Waals surface area contributed by atoms with Gasteiger partial charge in [0.05, 0.1) is 18.1 Å². The molecule has 152 valence electrons. The number of nitro groups is 1. The van der Waals surface area contributed by atoms with Crippen LogP contribution in [0.15, 0.2) is 71.1 Å². The van der Waals surface area contributed by atoms with Gasteiger partial charge in [0.25, 0.3) is 5.69 Å². The Morgan fingerprint density at radius 2 is 1.66 bits per heavy atom. The van der Waals surface area contributed by atoms with E-state index in [0.717, 1.165) is 5.56 Å². The molecule has 2 aromatic rings. The minimum absolute atomic E-state index is 0.0317. The number of nitro benzene ring substituents is 1. The Labute approximate surface area is 170 Å². The molecule has 0 amide bonds. The third-order valence-corrected chi connectivity index (χ3v) is 5.66. The molecule has 7 nitrogen and oxygen atoms in total. The summed E-state index contributed by atoms with van der Waals surface area (Å²) in [6, 6.07) is 15.5. The van der Waals surface area contributed by atoms with Gasteiger partial charge in [-0.1, -0.05) is 36.4 Å². The molecular weight excluding hydrogens is 391 g/mol. The van der Waals surface area contributed by atoms with Gasteiger partial charge in [0, 0.05) is 18.3 Å². The molecular formula is C21H23N2O5P. The van der Waals surface area contributed by atoms with Crippen molar-refractivity contribution in [2.75, 3.05) is 13.2 Å². The zero-order valence-electron chi connectivity index (χ0n) is 16.3. The molecule has 2 rings (SSSR count). The van der Waals surface area contributed by atoms with E-state index in [1.165, 1.54) is 18.3 Å². The van der Waals surface area contributed by atoms with Crippen LogP contribution in [-0.2, 0) is 13.6 Å². The SMILES string of the molecule is CCOP(=O)(OCC)C(=C/c1ccc([N+](=O)[O-])cc1)/N=C/C=C/c1ccccc1. The molecule has 8 heteroatoms. The van der Waals surface area contributed by atoms with Crippen molar-refractivity contribution in [2.24, 2.45) is 4.99 Å². The second-order valence-corrected chi connectivity index (χ2v) is 7.70. The van der Waals surface area contributed by atoms with Crippen LogP contribution in [0.4, 0.5) is 5.69 Å². The number of non-ortho nitro benzene ring substituents is 1. The molecule has 0 saturated heterocycles. The molecule has 0 aliphatic rings. The minimum Gasteiger partial charge on any atom is -0.304 e. The molecule has 0 bridgehead atoms. The summed E-state index contributed by atoms with van der Waals surface area (Å²) in [6.07, 6.45) is 6.64. The zero-order valence-corrected chi connectivity index (χ0v) is 17.2. The van der Waals surface area contributed by atoms with Crippen LogP contribution in [0.3, 0.4) is 0 Å². The molecule has 29 heavy (non-hydrogen) atoms. The Balaban J connectivity index is 2.36. The van der Waals surface area contributed by atoms with Crippen LogP contribution in [0.5, 0.6) is 0 Å². The fraction of sp³-hybridized carbons (Fsp3) is 0.190. The van der Waals surface area contributed by atoms with Crippen molar-refractivity contribution in [1.82, 2.24) is 0 Å². The average molecular weight is 414 g/mol. The third kappa shape index (κ3) is 6.91. The number of aliphatic imine (C=N–C) groups is 1. The van der Waals surface area contributed by atoms with Gasteiger partial charge in [0.15, 0.2) is 5.44 Å². The van der Waals surface area contributed by atoms with Gasteiger partial charge in [-0.15, -0.1) is 0 Å². The Kier molecular flexibility index (Phi) is 8.68. The predicted octanol–water partition coefficient (Wildman–Crippen LogP) is 5.94. The van der Waals surface area contributed by atoms with E-state index in [0.29, 0.717) is 5.56 Å². The molecule has 0 heterocycles. The molecule has 0 radical (unpaired) electrons. The smallest absolute Gasteiger partial charge is 0.304 e. The van der Waals surface area contributed by atoms with Crippen molar-refractivity contribution in [1.29, 1.82) is 0 Å². The highest BCUT2D eigenvalue weighted by Crippen LogP contribution is 2.57. The van der Waals surface area contributed by atoms with Crippen LogP contribution in [0.2, 0.25) is 0 Å². The molecule has 0 fully saturated rings. The first-order chi connectivity index (χ1) is 14.0. The van der Waals surface area contributed by atoms with Crippen LogP contribution in [0.1, 0.15) is 25.0 Å². The molecule has 0 atom stereocenters. The lowest BCUT2D eigenvalue weighted by molar-refractivity contribution is -0.384. The Morgan fingerprint density at radius 3 is 2.21 bits per heavy atom. The fourth-order valence-electron chi connectivity index (χ4n) is 2.38. The van der Waals surface area contributed by atoms with E-state index in [9.17, 15) is 14.7 Å². The van der Waals surface area contributed by atoms with Gasteiger partial charge in [0.1, 0.15) is 0 Å². The van der Waals surface area contributed by atoms with Gasteiger partial charge in [-0.3, -0.25) is 14.7 Å². The van der Waals surface area contributed by atoms with Gasteiger partial charge < -0.3 is 9.05 Å². The van der Waals surface area contributed by atoms with Crippen LogP contribution < -0.4 is 0 Å². The summed E-state index contributed by atoms with van der Waals surface area (Å²) in [5.41, 5.74) is 1.68. The van der Waals surface area contributed by atoms with Gasteiger partial charge >= 0.3 is 7.60 Å². The number of rotatable bonds is 10. The summed E-state index contributed by atoms with van der Waals surface area (Å²) >= 11 is 0. The number of nitrogens with zero attached hydrogens (tertiary/aromatic N) is 2. The molecule has 0 spiro atoms. The maximum atomic E-state index is 13.2. The number of allylic oxidation sites excluding steroid dienone is 1. The van der Waals surface area contributed by atoms with E-state index in [-0.39, 0.29) is 24.3 Å². The van der Waals surface area contributed by atoms with Gasteiger partial charge in [0.2, 0.25) is 0 Å². The maximum absolute atomic E-state index is 13.2. The van der Waals surface area contributed by atoms with Crippen LogP contribution in [0.25, 0.3) is 12.2 Å². The summed E-state index contributed by atoms with van der Waals surface area (Å²) in [5, 5.41) is 10.8. The monoisotopic (exact) mass is 414 g/mol. The second kappa shape index (κ2) is 11.2. The standard InChI is InChI=1S/C21H23N2O5P/c1-3-27-29(26,28-4-2)21(17-19-12-14-20(15-13-19)23(24)25)22-16-8-11-18-9-6-5-7-10-18/h5-17H,3-4H2,1-2H3/b11-8+,21-17+,22-16+. The zero-order chi connectivity index (χ0) is 21.1. The van der Waals surface area contributed by atoms with Crippen LogP contribution in [0, 0.1) is 10.1 Å². The van der Waals surface area contributed by atoms with Crippen molar-refractivity contribution in [3.63, 3.8) is 0 Å². The Hall–Kier alpha value is -2.86. The molecule has 0 saturated carbocycles. The number of hydrogen-bond acceptors (Lipinski definition) is 6. The van der Waals surface area contributed by atoms with E-state index in [1.807, 2.05) is 36.4 Å². The average Bonchev–Trinajstić information content (AvgIpc) is 2.71. The first kappa shape index (κ1) is 22.4. The van der Waals surface area contributed by atoms with Gasteiger partial charge in [-0.2, -0.15) is 0 Å². The van der Waals surface area contributed by atoms with E-state index in [2.05, 4.69) is 4.99 Å². The largest absolute Gasteiger partial charge is 0.379 e. The summed E-state index contributed by atoms with van der Waals surface area (Å²) in [4.78, 5) is 14.7. The van der Waals surface area contributed by atoms with E-state index in [4.69, 9.17) is 9.05 Å². The maximum Gasteiger partial charge on any atom is 0.379 e. The Morgan fingerprint density at radius 1 is 1.03 bits per heavy atom. The quantitative estimate of drug-likeness (QED) is 0.208. The predicted molar refractivity (Wildman–Crippen MR) is 116 cm³/mol. The first-order valence-corrected chi connectivity index (χ1v) is 10.6. The second-order valence-electron chi connectivity index (χ2n) is 5.73. The normalized spacial score (nSPS) is 12.7. The molecule has 0 aromatic heterocycles. The highest BCUT2D eigenvalue weighted by atomic mass is 31.2. The Bertz CT molecular complexity index is 927. The molecule has 0 aliphatic carbocycles. The van der Waals surface area contributed by atoms with Gasteiger partial charge in [-0.05, 0) is 49.3 Å². The van der Waals surface area contributed by atoms with Crippen LogP contribution in [-0.4, -0.2) is 24.4 Å². The molecule has 0 aliphatic heterocycles. The minimum atomic E-state index is -3.64. The molecule has 0 unspecified atom stereocenters. The van der Waals surface area contributed by atoms with Crippen molar-refractivity contribution < 1.29 is 18.5 Å². The lowest BCUT2D eigenvalue weighted by Gasteiger charge is -2.17. The highest BCUT2D eigenvalue weighted by Gasteiger charge is 2.29.